The van der Waals surface area contributed by atoms with Crippen LogP contribution in [0.1, 0.15) is 28.4 Å². The number of nitrogens with one attached hydrogen (secondary N) is 2. The van der Waals surface area contributed by atoms with Crippen molar-refractivity contribution in [1.82, 2.24) is 10.6 Å². The Balaban J connectivity index is 1.79. The molecule has 0 aromatic heterocycles. The van der Waals surface area contributed by atoms with Crippen molar-refractivity contribution in [3.8, 4) is 11.5 Å². The first-order valence-electron chi connectivity index (χ1n) is 8.34. The maximum Gasteiger partial charge on any atom is 0.260 e. The number of rotatable bonds is 5. The Morgan fingerprint density at radius 1 is 1.15 bits per heavy atom. The molecule has 1 aliphatic heterocycles. The maximum absolute atomic E-state index is 12.2. The van der Waals surface area contributed by atoms with Crippen molar-refractivity contribution in [3.05, 3.63) is 59.3 Å². The van der Waals surface area contributed by atoms with Crippen molar-refractivity contribution >= 4 is 30.7 Å². The third kappa shape index (κ3) is 3.56. The van der Waals surface area contributed by atoms with Gasteiger partial charge in [-0.15, -0.1) is 0 Å². The third-order valence-electron chi connectivity index (χ3n) is 4.06. The number of benzene rings is 2. The predicted octanol–water partition coefficient (Wildman–Crippen LogP) is 0.450. The first-order valence-corrected chi connectivity index (χ1v) is 8.34. The SMILES string of the molecule is Bc1ccc2c(c1)/C(=C/NCc1ccc(OCC)c(O)c1)C(=O)NC2=O. The topological polar surface area (TPSA) is 87.7 Å². The summed E-state index contributed by atoms with van der Waals surface area (Å²) < 4.78 is 5.30. The van der Waals surface area contributed by atoms with Crippen LogP contribution in [0.25, 0.3) is 5.57 Å². The molecule has 132 valence electrons. The molecule has 7 heteroatoms. The summed E-state index contributed by atoms with van der Waals surface area (Å²) in [6.45, 7) is 2.73. The monoisotopic (exact) mass is 350 g/mol. The molecule has 1 heterocycles. The van der Waals surface area contributed by atoms with Gasteiger partial charge in [-0.25, -0.2) is 0 Å². The molecule has 2 aromatic rings. The van der Waals surface area contributed by atoms with E-state index in [1.807, 2.05) is 33.0 Å². The second-order valence-electron chi connectivity index (χ2n) is 6.01. The molecule has 2 amide bonds. The minimum atomic E-state index is -0.435. The lowest BCUT2D eigenvalue weighted by molar-refractivity contribution is -0.114. The molecule has 0 fully saturated rings. The lowest BCUT2D eigenvalue weighted by Crippen LogP contribution is -2.37. The van der Waals surface area contributed by atoms with Crippen LogP contribution in [-0.2, 0) is 11.3 Å². The quantitative estimate of drug-likeness (QED) is 0.414. The highest BCUT2D eigenvalue weighted by Gasteiger charge is 2.26. The number of aromatic hydroxyl groups is 1. The number of hydrogen-bond donors (Lipinski definition) is 3. The molecule has 0 radical (unpaired) electrons. The zero-order valence-corrected chi connectivity index (χ0v) is 14.6. The molecule has 1 aliphatic rings. The number of hydrogen-bond acceptors (Lipinski definition) is 5. The van der Waals surface area contributed by atoms with Crippen molar-refractivity contribution in [2.24, 2.45) is 0 Å². The Kier molecular flexibility index (Phi) is 4.98. The highest BCUT2D eigenvalue weighted by Crippen LogP contribution is 2.27. The number of amides is 2. The number of phenolic OH excluding ortho intramolecular Hbond substituents is 1. The summed E-state index contributed by atoms with van der Waals surface area (Å²) in [4.78, 5) is 24.1. The van der Waals surface area contributed by atoms with E-state index in [2.05, 4.69) is 10.6 Å². The molecular weight excluding hydrogens is 331 g/mol. The fourth-order valence-corrected chi connectivity index (χ4v) is 2.80. The second-order valence-corrected chi connectivity index (χ2v) is 6.01. The number of imide groups is 1. The number of carbonyl (C=O) groups excluding carboxylic acids is 2. The van der Waals surface area contributed by atoms with Gasteiger partial charge in [0.15, 0.2) is 11.5 Å². The van der Waals surface area contributed by atoms with Gasteiger partial charge in [0, 0.05) is 23.9 Å². The van der Waals surface area contributed by atoms with E-state index in [9.17, 15) is 14.7 Å². The van der Waals surface area contributed by atoms with Gasteiger partial charge in [-0.1, -0.05) is 23.7 Å². The Hall–Kier alpha value is -3.22. The van der Waals surface area contributed by atoms with Gasteiger partial charge in [-0.3, -0.25) is 14.9 Å². The van der Waals surface area contributed by atoms with Crippen LogP contribution in [0.2, 0.25) is 0 Å². The normalized spacial score (nSPS) is 14.7. The highest BCUT2D eigenvalue weighted by atomic mass is 16.5. The lowest BCUT2D eigenvalue weighted by Gasteiger charge is -2.19. The van der Waals surface area contributed by atoms with E-state index in [0.717, 1.165) is 11.0 Å². The molecule has 3 rings (SSSR count). The standard InChI is InChI=1S/C19H19BN2O4/c1-2-26-17-6-3-11(7-16(17)23)9-21-10-15-14-8-12(20)4-5-13(14)18(24)22-19(15)25/h3-8,10,21,23H,2,9,20H2,1H3,(H,22,24,25)/b15-10-. The Labute approximate surface area is 152 Å². The third-order valence-corrected chi connectivity index (χ3v) is 4.06. The molecule has 0 aliphatic carbocycles. The van der Waals surface area contributed by atoms with Crippen LogP contribution in [0.5, 0.6) is 11.5 Å². The number of fused-ring (bicyclic) bond motifs is 1. The Morgan fingerprint density at radius 3 is 2.69 bits per heavy atom. The smallest absolute Gasteiger partial charge is 0.260 e. The molecule has 0 spiro atoms. The number of ether oxygens (including phenoxy) is 1. The first-order chi connectivity index (χ1) is 12.5. The predicted molar refractivity (Wildman–Crippen MR) is 101 cm³/mol. The van der Waals surface area contributed by atoms with Crippen LogP contribution in [0.3, 0.4) is 0 Å². The zero-order chi connectivity index (χ0) is 18.7. The lowest BCUT2D eigenvalue weighted by atomic mass is 9.87. The maximum atomic E-state index is 12.2. The zero-order valence-electron chi connectivity index (χ0n) is 14.6. The molecule has 26 heavy (non-hydrogen) atoms. The van der Waals surface area contributed by atoms with Crippen molar-refractivity contribution in [1.29, 1.82) is 0 Å². The molecule has 6 nitrogen and oxygen atoms in total. The van der Waals surface area contributed by atoms with E-state index < -0.39 is 11.8 Å². The van der Waals surface area contributed by atoms with Crippen molar-refractivity contribution in [2.75, 3.05) is 6.61 Å². The van der Waals surface area contributed by atoms with Crippen LogP contribution in [0, 0.1) is 0 Å². The fourth-order valence-electron chi connectivity index (χ4n) is 2.80. The summed E-state index contributed by atoms with van der Waals surface area (Å²) in [6.07, 6.45) is 1.59. The average Bonchev–Trinajstić information content (AvgIpc) is 2.60. The number of carbonyl (C=O) groups is 2. The van der Waals surface area contributed by atoms with E-state index in [0.29, 0.717) is 35.6 Å². The molecule has 0 saturated heterocycles. The Bertz CT molecular complexity index is 908. The molecule has 0 bridgehead atoms. The molecular formula is C19H19BN2O4. The molecule has 3 N–H and O–H groups in total. The van der Waals surface area contributed by atoms with Crippen LogP contribution >= 0.6 is 0 Å². The van der Waals surface area contributed by atoms with Gasteiger partial charge in [0.1, 0.15) is 7.85 Å². The van der Waals surface area contributed by atoms with Crippen molar-refractivity contribution in [2.45, 2.75) is 13.5 Å². The molecule has 0 saturated carbocycles. The number of phenols is 1. The molecule has 0 unspecified atom stereocenters. The average molecular weight is 350 g/mol. The summed E-state index contributed by atoms with van der Waals surface area (Å²) in [6, 6.07) is 10.5. The van der Waals surface area contributed by atoms with Gasteiger partial charge in [0.25, 0.3) is 11.8 Å². The van der Waals surface area contributed by atoms with Gasteiger partial charge in [-0.2, -0.15) is 0 Å². The molecule has 0 atom stereocenters. The van der Waals surface area contributed by atoms with Crippen molar-refractivity contribution < 1.29 is 19.4 Å². The van der Waals surface area contributed by atoms with E-state index >= 15 is 0 Å². The van der Waals surface area contributed by atoms with E-state index in [1.165, 1.54) is 0 Å². The summed E-state index contributed by atoms with van der Waals surface area (Å²) in [7, 11) is 1.91. The minimum Gasteiger partial charge on any atom is -0.504 e. The highest BCUT2D eigenvalue weighted by molar-refractivity contribution is 6.35. The van der Waals surface area contributed by atoms with Crippen LogP contribution in [-0.4, -0.2) is 31.4 Å². The van der Waals surface area contributed by atoms with Gasteiger partial charge in [-0.05, 0) is 30.7 Å². The van der Waals surface area contributed by atoms with Crippen LogP contribution in [0.4, 0.5) is 0 Å². The summed E-state index contributed by atoms with van der Waals surface area (Å²) in [5, 5.41) is 15.3. The van der Waals surface area contributed by atoms with Crippen LogP contribution in [0.15, 0.2) is 42.6 Å². The summed E-state index contributed by atoms with van der Waals surface area (Å²) >= 11 is 0. The second kappa shape index (κ2) is 7.35. The summed E-state index contributed by atoms with van der Waals surface area (Å²) in [5.41, 5.74) is 3.29. The van der Waals surface area contributed by atoms with Crippen LogP contribution < -0.4 is 20.8 Å². The minimum absolute atomic E-state index is 0.0702. The largest absolute Gasteiger partial charge is 0.504 e. The first kappa shape index (κ1) is 17.6. The van der Waals surface area contributed by atoms with E-state index in [-0.39, 0.29) is 5.75 Å². The van der Waals surface area contributed by atoms with Gasteiger partial charge in [0.2, 0.25) is 0 Å². The summed E-state index contributed by atoms with van der Waals surface area (Å²) in [5.74, 6) is -0.321. The molecule has 2 aromatic carbocycles. The van der Waals surface area contributed by atoms with E-state index in [1.54, 1.807) is 24.4 Å². The fraction of sp³-hybridized carbons (Fsp3) is 0.158. The van der Waals surface area contributed by atoms with Gasteiger partial charge >= 0.3 is 0 Å². The van der Waals surface area contributed by atoms with Crippen molar-refractivity contribution in [3.63, 3.8) is 0 Å². The van der Waals surface area contributed by atoms with Gasteiger partial charge in [0.05, 0.1) is 12.2 Å². The van der Waals surface area contributed by atoms with E-state index in [4.69, 9.17) is 4.74 Å². The van der Waals surface area contributed by atoms with Gasteiger partial charge < -0.3 is 15.2 Å². The Morgan fingerprint density at radius 2 is 1.96 bits per heavy atom.